The predicted octanol–water partition coefficient (Wildman–Crippen LogP) is 3.76. The summed E-state index contributed by atoms with van der Waals surface area (Å²) in [6.07, 6.45) is 8.30. The predicted molar refractivity (Wildman–Crippen MR) is 76.9 cm³/mol. The number of esters is 1. The van der Waals surface area contributed by atoms with Gasteiger partial charge in [-0.2, -0.15) is 0 Å². The molecule has 0 amide bonds. The molecule has 20 heavy (non-hydrogen) atoms. The van der Waals surface area contributed by atoms with Crippen molar-refractivity contribution in [1.82, 2.24) is 0 Å². The zero-order valence-electron chi connectivity index (χ0n) is 13.1. The molecule has 2 atom stereocenters. The fourth-order valence-corrected chi connectivity index (χ4v) is 5.28. The molecule has 0 saturated heterocycles. The molecule has 4 saturated carbocycles. The summed E-state index contributed by atoms with van der Waals surface area (Å²) in [7, 11) is 1.70. The first kappa shape index (κ1) is 14.4. The summed E-state index contributed by atoms with van der Waals surface area (Å²) in [4.78, 5) is 12.1. The SMILES string of the molecule is CCC(C)C(=O)OC(OC)C12CC3CC(CC(C3)C1)C2. The maximum atomic E-state index is 12.1. The van der Waals surface area contributed by atoms with Gasteiger partial charge in [0, 0.05) is 12.5 Å². The number of hydrogen-bond donors (Lipinski definition) is 0. The average Bonchev–Trinajstić information content (AvgIpc) is 2.41. The number of ether oxygens (including phenoxy) is 2. The van der Waals surface area contributed by atoms with Crippen LogP contribution in [0.1, 0.15) is 58.8 Å². The molecule has 0 N–H and O–H groups in total. The minimum Gasteiger partial charge on any atom is -0.435 e. The van der Waals surface area contributed by atoms with Crippen molar-refractivity contribution in [3.63, 3.8) is 0 Å². The Morgan fingerprint density at radius 1 is 1.15 bits per heavy atom. The first-order chi connectivity index (χ1) is 9.56. The third-order valence-electron chi connectivity index (χ3n) is 6.04. The number of rotatable bonds is 5. The summed E-state index contributed by atoms with van der Waals surface area (Å²) in [6, 6.07) is 0. The highest BCUT2D eigenvalue weighted by Gasteiger charge is 2.56. The fraction of sp³-hybridized carbons (Fsp3) is 0.941. The van der Waals surface area contributed by atoms with Gasteiger partial charge in [-0.3, -0.25) is 4.79 Å². The molecule has 3 nitrogen and oxygen atoms in total. The van der Waals surface area contributed by atoms with Crippen LogP contribution in [0.3, 0.4) is 0 Å². The highest BCUT2D eigenvalue weighted by Crippen LogP contribution is 2.61. The standard InChI is InChI=1S/C17H28O3/c1-4-11(2)15(18)20-16(19-3)17-8-12-5-13(9-17)7-14(6-12)10-17/h11-14,16H,4-10H2,1-3H3. The monoisotopic (exact) mass is 280 g/mol. The largest absolute Gasteiger partial charge is 0.435 e. The minimum absolute atomic E-state index is 0.0263. The minimum atomic E-state index is -0.322. The van der Waals surface area contributed by atoms with E-state index in [9.17, 15) is 4.79 Å². The van der Waals surface area contributed by atoms with Gasteiger partial charge in [0.25, 0.3) is 0 Å². The van der Waals surface area contributed by atoms with Crippen LogP contribution in [0.2, 0.25) is 0 Å². The molecule has 0 aromatic rings. The molecule has 4 fully saturated rings. The molecule has 0 aromatic carbocycles. The molecule has 0 aliphatic heterocycles. The van der Waals surface area contributed by atoms with E-state index >= 15 is 0 Å². The number of hydrogen-bond acceptors (Lipinski definition) is 3. The van der Waals surface area contributed by atoms with Crippen LogP contribution in [-0.4, -0.2) is 19.4 Å². The van der Waals surface area contributed by atoms with Crippen LogP contribution in [0.25, 0.3) is 0 Å². The highest BCUT2D eigenvalue weighted by molar-refractivity contribution is 5.72. The maximum Gasteiger partial charge on any atom is 0.310 e. The van der Waals surface area contributed by atoms with Crippen LogP contribution >= 0.6 is 0 Å². The smallest absolute Gasteiger partial charge is 0.310 e. The van der Waals surface area contributed by atoms with Crippen LogP contribution < -0.4 is 0 Å². The van der Waals surface area contributed by atoms with Crippen molar-refractivity contribution in [1.29, 1.82) is 0 Å². The number of carbonyl (C=O) groups is 1. The molecule has 0 heterocycles. The molecule has 114 valence electrons. The van der Waals surface area contributed by atoms with Crippen LogP contribution in [-0.2, 0) is 14.3 Å². The molecular weight excluding hydrogens is 252 g/mol. The lowest BCUT2D eigenvalue weighted by Crippen LogP contribution is -2.53. The van der Waals surface area contributed by atoms with Gasteiger partial charge in [-0.1, -0.05) is 13.8 Å². The van der Waals surface area contributed by atoms with Crippen molar-refractivity contribution < 1.29 is 14.3 Å². The fourth-order valence-electron chi connectivity index (χ4n) is 5.28. The quantitative estimate of drug-likeness (QED) is 0.568. The van der Waals surface area contributed by atoms with E-state index in [1.807, 2.05) is 13.8 Å². The first-order valence-electron chi connectivity index (χ1n) is 8.29. The molecule has 4 aliphatic rings. The molecule has 0 radical (unpaired) electrons. The Morgan fingerprint density at radius 3 is 2.05 bits per heavy atom. The van der Waals surface area contributed by atoms with Gasteiger partial charge in [0.2, 0.25) is 6.29 Å². The zero-order chi connectivity index (χ0) is 14.3. The van der Waals surface area contributed by atoms with Gasteiger partial charge >= 0.3 is 5.97 Å². The van der Waals surface area contributed by atoms with Crippen LogP contribution in [0.5, 0.6) is 0 Å². The van der Waals surface area contributed by atoms with Crippen molar-refractivity contribution in [3.05, 3.63) is 0 Å². The van der Waals surface area contributed by atoms with Crippen LogP contribution in [0.15, 0.2) is 0 Å². The van der Waals surface area contributed by atoms with Gasteiger partial charge < -0.3 is 9.47 Å². The molecule has 0 aromatic heterocycles. The van der Waals surface area contributed by atoms with E-state index < -0.39 is 0 Å². The summed E-state index contributed by atoms with van der Waals surface area (Å²) >= 11 is 0. The average molecular weight is 280 g/mol. The second-order valence-corrected chi connectivity index (χ2v) is 7.59. The van der Waals surface area contributed by atoms with Gasteiger partial charge in [-0.25, -0.2) is 0 Å². The van der Waals surface area contributed by atoms with Crippen molar-refractivity contribution in [3.8, 4) is 0 Å². The topological polar surface area (TPSA) is 35.5 Å². The lowest BCUT2D eigenvalue weighted by Gasteiger charge is -2.58. The van der Waals surface area contributed by atoms with Gasteiger partial charge in [0.15, 0.2) is 0 Å². The van der Waals surface area contributed by atoms with Crippen molar-refractivity contribution in [2.75, 3.05) is 7.11 Å². The number of carbonyl (C=O) groups excluding carboxylic acids is 1. The van der Waals surface area contributed by atoms with Crippen LogP contribution in [0, 0.1) is 29.1 Å². The molecule has 3 heteroatoms. The maximum absolute atomic E-state index is 12.1. The Balaban J connectivity index is 1.74. The van der Waals surface area contributed by atoms with E-state index in [1.54, 1.807) is 7.11 Å². The molecule has 4 bridgehead atoms. The highest BCUT2D eigenvalue weighted by atomic mass is 16.7. The van der Waals surface area contributed by atoms with Crippen molar-refractivity contribution >= 4 is 5.97 Å². The van der Waals surface area contributed by atoms with E-state index in [0.717, 1.165) is 24.2 Å². The van der Waals surface area contributed by atoms with Gasteiger partial charge in [0.1, 0.15) is 0 Å². The third kappa shape index (κ3) is 2.38. The Hall–Kier alpha value is -0.570. The summed E-state index contributed by atoms with van der Waals surface area (Å²) in [6.45, 7) is 3.97. The zero-order valence-corrected chi connectivity index (χ0v) is 13.1. The van der Waals surface area contributed by atoms with Crippen molar-refractivity contribution in [2.24, 2.45) is 29.1 Å². The first-order valence-corrected chi connectivity index (χ1v) is 8.29. The van der Waals surface area contributed by atoms with E-state index in [0.29, 0.717) is 0 Å². The van der Waals surface area contributed by atoms with E-state index in [4.69, 9.17) is 9.47 Å². The third-order valence-corrected chi connectivity index (χ3v) is 6.04. The molecular formula is C17H28O3. The summed E-state index contributed by atoms with van der Waals surface area (Å²) < 4.78 is 11.4. The van der Waals surface area contributed by atoms with E-state index in [-0.39, 0.29) is 23.6 Å². The van der Waals surface area contributed by atoms with Gasteiger partial charge in [-0.05, 0) is 62.7 Å². The van der Waals surface area contributed by atoms with Crippen LogP contribution in [0.4, 0.5) is 0 Å². The van der Waals surface area contributed by atoms with Crippen molar-refractivity contribution in [2.45, 2.75) is 65.1 Å². The van der Waals surface area contributed by atoms with E-state index in [1.165, 1.54) is 38.5 Å². The lowest BCUT2D eigenvalue weighted by molar-refractivity contribution is -0.238. The number of methoxy groups -OCH3 is 1. The van der Waals surface area contributed by atoms with Gasteiger partial charge in [0.05, 0.1) is 5.92 Å². The molecule has 0 spiro atoms. The van der Waals surface area contributed by atoms with E-state index in [2.05, 4.69) is 0 Å². The lowest BCUT2D eigenvalue weighted by atomic mass is 9.49. The molecule has 4 aliphatic carbocycles. The van der Waals surface area contributed by atoms with Gasteiger partial charge in [-0.15, -0.1) is 0 Å². The Kier molecular flexibility index (Phi) is 3.83. The molecule has 4 rings (SSSR count). The second kappa shape index (κ2) is 5.32. The summed E-state index contributed by atoms with van der Waals surface area (Å²) in [5.74, 6) is 2.43. The normalized spacial score (nSPS) is 41.5. The Labute approximate surface area is 122 Å². The summed E-state index contributed by atoms with van der Waals surface area (Å²) in [5.41, 5.74) is 0.118. The second-order valence-electron chi connectivity index (χ2n) is 7.59. The Bertz CT molecular complexity index is 341. The summed E-state index contributed by atoms with van der Waals surface area (Å²) in [5, 5.41) is 0. The Morgan fingerprint density at radius 2 is 1.65 bits per heavy atom. The molecule has 2 unspecified atom stereocenters.